The van der Waals surface area contributed by atoms with Crippen molar-refractivity contribution in [3.05, 3.63) is 40.5 Å². The molecule has 3 aromatic rings. The number of primary amides is 1. The lowest BCUT2D eigenvalue weighted by molar-refractivity contribution is -0.274. The summed E-state index contributed by atoms with van der Waals surface area (Å²) in [5.74, 6) is 0.163. The van der Waals surface area contributed by atoms with Crippen molar-refractivity contribution >= 4 is 28.3 Å². The molecule has 0 aliphatic heterocycles. The Bertz CT molecular complexity index is 1020. The van der Waals surface area contributed by atoms with Gasteiger partial charge < -0.3 is 10.5 Å². The molecule has 1 aliphatic rings. The van der Waals surface area contributed by atoms with Crippen LogP contribution in [-0.4, -0.2) is 21.8 Å². The highest BCUT2D eigenvalue weighted by atomic mass is 32.1. The third-order valence-electron chi connectivity index (χ3n) is 4.24. The topological polar surface area (TPSA) is 70.1 Å². The number of hydrogen-bond donors (Lipinski definition) is 1. The van der Waals surface area contributed by atoms with Crippen molar-refractivity contribution in [3.63, 3.8) is 0 Å². The number of imidazole rings is 1. The molecule has 0 bridgehead atoms. The van der Waals surface area contributed by atoms with Gasteiger partial charge in [0.05, 0.1) is 15.9 Å². The predicted octanol–water partition coefficient (Wildman–Crippen LogP) is 4.27. The van der Waals surface area contributed by atoms with Crippen LogP contribution >= 0.6 is 11.3 Å². The fraction of sp³-hybridized carbons (Fsp3) is 0.294. The molecule has 0 saturated heterocycles. The van der Waals surface area contributed by atoms with E-state index < -0.39 is 12.3 Å². The van der Waals surface area contributed by atoms with E-state index in [1.807, 2.05) is 10.6 Å². The molecule has 5 nitrogen and oxygen atoms in total. The number of amides is 1. The number of hydrogen-bond acceptors (Lipinski definition) is 4. The fourth-order valence-electron chi connectivity index (χ4n) is 3.05. The van der Waals surface area contributed by atoms with Gasteiger partial charge in [0, 0.05) is 6.07 Å². The summed E-state index contributed by atoms with van der Waals surface area (Å²) in [7, 11) is 0. The van der Waals surface area contributed by atoms with E-state index in [0.717, 1.165) is 23.4 Å². The Labute approximate surface area is 150 Å². The van der Waals surface area contributed by atoms with Crippen molar-refractivity contribution in [1.29, 1.82) is 0 Å². The minimum Gasteiger partial charge on any atom is -0.406 e. The van der Waals surface area contributed by atoms with Gasteiger partial charge in [0.25, 0.3) is 5.91 Å². The lowest BCUT2D eigenvalue weighted by Gasteiger charge is -2.08. The molecule has 1 amide bonds. The standard InChI is InChI=1S/C17H14F3N3O2S/c1-8-22-12-6-10(25-17(18,19)20)4-5-13(12)23(8)14-7-11(9-2-3-9)15(26-14)16(21)24/h4-7,9H,2-3H2,1H3,(H2,21,24). The fourth-order valence-corrected chi connectivity index (χ4v) is 4.21. The molecule has 1 aliphatic carbocycles. The lowest BCUT2D eigenvalue weighted by Crippen LogP contribution is -2.17. The van der Waals surface area contributed by atoms with Crippen molar-refractivity contribution in [2.24, 2.45) is 5.73 Å². The van der Waals surface area contributed by atoms with Crippen LogP contribution in [0.2, 0.25) is 0 Å². The van der Waals surface area contributed by atoms with Crippen LogP contribution in [0.4, 0.5) is 13.2 Å². The number of fused-ring (bicyclic) bond motifs is 1. The van der Waals surface area contributed by atoms with Crippen LogP contribution in [-0.2, 0) is 0 Å². The summed E-state index contributed by atoms with van der Waals surface area (Å²) in [5.41, 5.74) is 7.46. The van der Waals surface area contributed by atoms with Crippen LogP contribution in [0.3, 0.4) is 0 Å². The largest absolute Gasteiger partial charge is 0.573 e. The Morgan fingerprint density at radius 1 is 1.35 bits per heavy atom. The zero-order valence-corrected chi connectivity index (χ0v) is 14.4. The minimum absolute atomic E-state index is 0.322. The highest BCUT2D eigenvalue weighted by Gasteiger charge is 2.32. The first kappa shape index (κ1) is 16.9. The highest BCUT2D eigenvalue weighted by molar-refractivity contribution is 7.16. The van der Waals surface area contributed by atoms with Gasteiger partial charge in [0.2, 0.25) is 0 Å². The van der Waals surface area contributed by atoms with Gasteiger partial charge in [-0.15, -0.1) is 24.5 Å². The molecule has 9 heteroatoms. The third kappa shape index (κ3) is 3.03. The van der Waals surface area contributed by atoms with E-state index in [2.05, 4.69) is 9.72 Å². The summed E-state index contributed by atoms with van der Waals surface area (Å²) in [6, 6.07) is 5.95. The normalized spacial score (nSPS) is 14.8. The van der Waals surface area contributed by atoms with Crippen molar-refractivity contribution in [2.75, 3.05) is 0 Å². The third-order valence-corrected chi connectivity index (χ3v) is 5.39. The number of nitrogens with two attached hydrogens (primary N) is 1. The van der Waals surface area contributed by atoms with Crippen LogP contribution in [0.25, 0.3) is 16.0 Å². The monoisotopic (exact) mass is 381 g/mol. The molecule has 2 aromatic heterocycles. The Morgan fingerprint density at radius 3 is 2.69 bits per heavy atom. The maximum atomic E-state index is 12.4. The first-order valence-electron chi connectivity index (χ1n) is 7.91. The Balaban J connectivity index is 1.81. The van der Waals surface area contributed by atoms with Gasteiger partial charge in [0.1, 0.15) is 16.6 Å². The van der Waals surface area contributed by atoms with Crippen LogP contribution < -0.4 is 10.5 Å². The molecular weight excluding hydrogens is 367 g/mol. The molecule has 0 unspecified atom stereocenters. The molecular formula is C17H14F3N3O2S. The average Bonchev–Trinajstić information content (AvgIpc) is 3.18. The van der Waals surface area contributed by atoms with E-state index in [-0.39, 0.29) is 5.75 Å². The number of halogens is 3. The van der Waals surface area contributed by atoms with E-state index in [1.54, 1.807) is 6.92 Å². The number of rotatable bonds is 4. The summed E-state index contributed by atoms with van der Waals surface area (Å²) < 4.78 is 43.0. The average molecular weight is 381 g/mol. The molecule has 0 atom stereocenters. The number of nitrogens with zero attached hydrogens (tertiary/aromatic N) is 2. The summed E-state index contributed by atoms with van der Waals surface area (Å²) in [5, 5.41) is 0.769. The Morgan fingerprint density at radius 2 is 2.08 bits per heavy atom. The summed E-state index contributed by atoms with van der Waals surface area (Å²) in [6.45, 7) is 1.75. The number of ether oxygens (including phenoxy) is 1. The van der Waals surface area contributed by atoms with E-state index in [4.69, 9.17) is 5.73 Å². The maximum absolute atomic E-state index is 12.4. The number of aryl methyl sites for hydroxylation is 1. The van der Waals surface area contributed by atoms with E-state index in [9.17, 15) is 18.0 Å². The van der Waals surface area contributed by atoms with Crippen molar-refractivity contribution < 1.29 is 22.7 Å². The molecule has 2 heterocycles. The molecule has 1 aromatic carbocycles. The second-order valence-electron chi connectivity index (χ2n) is 6.20. The van der Waals surface area contributed by atoms with Crippen LogP contribution in [0.5, 0.6) is 5.75 Å². The molecule has 26 heavy (non-hydrogen) atoms. The van der Waals surface area contributed by atoms with Gasteiger partial charge in [0.15, 0.2) is 0 Å². The Kier molecular flexibility index (Phi) is 3.72. The number of carbonyl (C=O) groups excluding carboxylic acids is 1. The van der Waals surface area contributed by atoms with Gasteiger partial charge in [-0.25, -0.2) is 4.98 Å². The van der Waals surface area contributed by atoms with E-state index in [0.29, 0.717) is 27.7 Å². The van der Waals surface area contributed by atoms with Gasteiger partial charge in [-0.2, -0.15) is 0 Å². The maximum Gasteiger partial charge on any atom is 0.573 e. The smallest absolute Gasteiger partial charge is 0.406 e. The number of aromatic nitrogens is 2. The predicted molar refractivity (Wildman–Crippen MR) is 90.9 cm³/mol. The quantitative estimate of drug-likeness (QED) is 0.734. The zero-order chi connectivity index (χ0) is 18.6. The number of thiophene rings is 1. The molecule has 0 spiro atoms. The summed E-state index contributed by atoms with van der Waals surface area (Å²) in [4.78, 5) is 16.6. The van der Waals surface area contributed by atoms with Crippen LogP contribution in [0.1, 0.15) is 39.8 Å². The SMILES string of the molecule is Cc1nc2cc(OC(F)(F)F)ccc2n1-c1cc(C2CC2)c(C(N)=O)s1. The molecule has 1 fully saturated rings. The minimum atomic E-state index is -4.76. The second-order valence-corrected chi connectivity index (χ2v) is 7.23. The van der Waals surface area contributed by atoms with Gasteiger partial charge in [-0.3, -0.25) is 9.36 Å². The number of benzene rings is 1. The molecule has 1 saturated carbocycles. The summed E-state index contributed by atoms with van der Waals surface area (Å²) >= 11 is 1.27. The van der Waals surface area contributed by atoms with Crippen LogP contribution in [0.15, 0.2) is 24.3 Å². The zero-order valence-electron chi connectivity index (χ0n) is 13.6. The summed E-state index contributed by atoms with van der Waals surface area (Å²) in [6.07, 6.45) is -2.70. The van der Waals surface area contributed by atoms with Crippen molar-refractivity contribution in [3.8, 4) is 10.8 Å². The molecule has 2 N–H and O–H groups in total. The molecule has 0 radical (unpaired) electrons. The first-order valence-corrected chi connectivity index (χ1v) is 8.73. The van der Waals surface area contributed by atoms with Crippen molar-refractivity contribution in [1.82, 2.24) is 9.55 Å². The molecule has 4 rings (SSSR count). The van der Waals surface area contributed by atoms with Gasteiger partial charge >= 0.3 is 6.36 Å². The Hall–Kier alpha value is -2.55. The highest BCUT2D eigenvalue weighted by Crippen LogP contribution is 2.45. The van der Waals surface area contributed by atoms with Gasteiger partial charge in [-0.05, 0) is 49.4 Å². The second kappa shape index (κ2) is 5.73. The van der Waals surface area contributed by atoms with Crippen LogP contribution in [0, 0.1) is 6.92 Å². The molecule has 136 valence electrons. The van der Waals surface area contributed by atoms with E-state index >= 15 is 0 Å². The number of carbonyl (C=O) groups is 1. The van der Waals surface area contributed by atoms with Crippen molar-refractivity contribution in [2.45, 2.75) is 32.0 Å². The lowest BCUT2D eigenvalue weighted by atomic mass is 10.1. The van der Waals surface area contributed by atoms with Gasteiger partial charge in [-0.1, -0.05) is 0 Å². The first-order chi connectivity index (χ1) is 12.2. The number of alkyl halides is 3. The van der Waals surface area contributed by atoms with E-state index in [1.165, 1.54) is 29.5 Å².